The van der Waals surface area contributed by atoms with Gasteiger partial charge in [0.2, 0.25) is 0 Å². The molecule has 2 atom stereocenters. The molecule has 1 nitrogen and oxygen atoms in total. The van der Waals surface area contributed by atoms with Gasteiger partial charge in [0.05, 0.1) is 0 Å². The lowest BCUT2D eigenvalue weighted by molar-refractivity contribution is 0.539. The van der Waals surface area contributed by atoms with Gasteiger partial charge in [-0.15, -0.1) is 0 Å². The van der Waals surface area contributed by atoms with E-state index in [9.17, 15) is 4.39 Å². The number of nitrogens with one attached hydrogen (secondary N) is 1. The van der Waals surface area contributed by atoms with Gasteiger partial charge < -0.3 is 5.32 Å². The molecule has 0 aromatic heterocycles. The van der Waals surface area contributed by atoms with Crippen molar-refractivity contribution in [3.8, 4) is 0 Å². The van der Waals surface area contributed by atoms with Crippen LogP contribution in [0.25, 0.3) is 0 Å². The molecule has 1 heterocycles. The molecule has 1 aliphatic heterocycles. The van der Waals surface area contributed by atoms with Crippen molar-refractivity contribution in [3.05, 3.63) is 35.6 Å². The second kappa shape index (κ2) is 4.75. The highest BCUT2D eigenvalue weighted by Crippen LogP contribution is 2.20. The van der Waals surface area contributed by atoms with Crippen LogP contribution in [0.4, 0.5) is 4.39 Å². The Labute approximate surface area is 90.7 Å². The van der Waals surface area contributed by atoms with Crippen molar-refractivity contribution < 1.29 is 4.39 Å². The van der Waals surface area contributed by atoms with Crippen molar-refractivity contribution in [3.63, 3.8) is 0 Å². The maximum absolute atomic E-state index is 13.0. The van der Waals surface area contributed by atoms with Gasteiger partial charge in [0, 0.05) is 6.04 Å². The molecule has 15 heavy (non-hydrogen) atoms. The van der Waals surface area contributed by atoms with Gasteiger partial charge in [-0.3, -0.25) is 0 Å². The van der Waals surface area contributed by atoms with Crippen LogP contribution in [0.3, 0.4) is 0 Å². The number of rotatable bonds is 3. The van der Waals surface area contributed by atoms with Crippen LogP contribution in [0.5, 0.6) is 0 Å². The molecular weight excluding hydrogens is 189 g/mol. The lowest BCUT2D eigenvalue weighted by Gasteiger charge is -2.08. The molecule has 82 valence electrons. The van der Waals surface area contributed by atoms with Gasteiger partial charge >= 0.3 is 0 Å². The average molecular weight is 207 g/mol. The topological polar surface area (TPSA) is 12.0 Å². The van der Waals surface area contributed by atoms with E-state index >= 15 is 0 Å². The molecule has 1 aromatic carbocycles. The third-order valence-corrected chi connectivity index (χ3v) is 3.22. The first kappa shape index (κ1) is 10.6. The fourth-order valence-corrected chi connectivity index (χ4v) is 2.37. The quantitative estimate of drug-likeness (QED) is 0.803. The summed E-state index contributed by atoms with van der Waals surface area (Å²) >= 11 is 0. The Balaban J connectivity index is 1.92. The second-order valence-electron chi connectivity index (χ2n) is 4.45. The zero-order valence-corrected chi connectivity index (χ0v) is 9.17. The molecule has 1 aromatic rings. The van der Waals surface area contributed by atoms with Crippen LogP contribution in [-0.4, -0.2) is 12.6 Å². The van der Waals surface area contributed by atoms with E-state index in [-0.39, 0.29) is 5.82 Å². The first-order chi connectivity index (χ1) is 7.28. The van der Waals surface area contributed by atoms with Crippen molar-refractivity contribution >= 4 is 0 Å². The fraction of sp³-hybridized carbons (Fsp3) is 0.538. The van der Waals surface area contributed by atoms with E-state index in [1.165, 1.54) is 18.9 Å². The molecule has 0 spiro atoms. The minimum absolute atomic E-state index is 0.120. The van der Waals surface area contributed by atoms with Crippen molar-refractivity contribution in [2.45, 2.75) is 32.2 Å². The summed E-state index contributed by atoms with van der Waals surface area (Å²) in [5, 5.41) is 3.50. The van der Waals surface area contributed by atoms with E-state index in [0.29, 0.717) is 12.0 Å². The number of hydrogen-bond donors (Lipinski definition) is 1. The maximum Gasteiger partial charge on any atom is 0.123 e. The highest BCUT2D eigenvalue weighted by Gasteiger charge is 2.22. The molecule has 1 saturated heterocycles. The lowest BCUT2D eigenvalue weighted by Crippen LogP contribution is -2.19. The van der Waals surface area contributed by atoms with Crippen molar-refractivity contribution in [2.75, 3.05) is 6.54 Å². The van der Waals surface area contributed by atoms with Crippen LogP contribution in [0.2, 0.25) is 0 Å². The Morgan fingerprint density at radius 2 is 2.33 bits per heavy atom. The van der Waals surface area contributed by atoms with Gasteiger partial charge in [0.25, 0.3) is 0 Å². The SMILES string of the molecule is CCC1CC(Cc2cccc(F)c2)CN1. The van der Waals surface area contributed by atoms with Gasteiger partial charge in [-0.05, 0) is 49.4 Å². The zero-order valence-electron chi connectivity index (χ0n) is 9.17. The van der Waals surface area contributed by atoms with Gasteiger partial charge in [-0.1, -0.05) is 19.1 Å². The van der Waals surface area contributed by atoms with Crippen LogP contribution < -0.4 is 5.32 Å². The maximum atomic E-state index is 13.0. The van der Waals surface area contributed by atoms with E-state index in [1.54, 1.807) is 12.1 Å². The molecule has 2 heteroatoms. The van der Waals surface area contributed by atoms with Gasteiger partial charge in [-0.2, -0.15) is 0 Å². The molecule has 0 radical (unpaired) electrons. The van der Waals surface area contributed by atoms with Gasteiger partial charge in [-0.25, -0.2) is 4.39 Å². The highest BCUT2D eigenvalue weighted by molar-refractivity contribution is 5.17. The third-order valence-electron chi connectivity index (χ3n) is 3.22. The third kappa shape index (κ3) is 2.78. The van der Waals surface area contributed by atoms with Crippen molar-refractivity contribution in [1.29, 1.82) is 0 Å². The molecule has 1 N–H and O–H groups in total. The highest BCUT2D eigenvalue weighted by atomic mass is 19.1. The van der Waals surface area contributed by atoms with Crippen LogP contribution in [0, 0.1) is 11.7 Å². The average Bonchev–Trinajstić information content (AvgIpc) is 2.65. The summed E-state index contributed by atoms with van der Waals surface area (Å²) in [6.45, 7) is 3.29. The van der Waals surface area contributed by atoms with Gasteiger partial charge in [0.15, 0.2) is 0 Å². The first-order valence-electron chi connectivity index (χ1n) is 5.75. The predicted octanol–water partition coefficient (Wildman–Crippen LogP) is 2.76. The molecule has 0 bridgehead atoms. The van der Waals surface area contributed by atoms with E-state index < -0.39 is 0 Å². The number of halogens is 1. The first-order valence-corrected chi connectivity index (χ1v) is 5.75. The molecule has 0 saturated carbocycles. The second-order valence-corrected chi connectivity index (χ2v) is 4.45. The summed E-state index contributed by atoms with van der Waals surface area (Å²) in [5.74, 6) is 0.558. The molecule has 0 aliphatic carbocycles. The Morgan fingerprint density at radius 1 is 1.47 bits per heavy atom. The Hall–Kier alpha value is -0.890. The van der Waals surface area contributed by atoms with Crippen LogP contribution in [0.1, 0.15) is 25.3 Å². The standard InChI is InChI=1S/C13H18FN/c1-2-13-8-11(9-15-13)6-10-4-3-5-12(14)7-10/h3-5,7,11,13,15H,2,6,8-9H2,1H3. The Kier molecular flexibility index (Phi) is 3.37. The minimum Gasteiger partial charge on any atom is -0.314 e. The van der Waals surface area contributed by atoms with Crippen molar-refractivity contribution in [1.82, 2.24) is 5.32 Å². The van der Waals surface area contributed by atoms with Crippen LogP contribution >= 0.6 is 0 Å². The number of benzene rings is 1. The summed E-state index contributed by atoms with van der Waals surface area (Å²) < 4.78 is 13.0. The van der Waals surface area contributed by atoms with E-state index in [4.69, 9.17) is 0 Å². The van der Waals surface area contributed by atoms with E-state index in [1.807, 2.05) is 6.07 Å². The molecule has 2 rings (SSSR count). The largest absolute Gasteiger partial charge is 0.314 e. The summed E-state index contributed by atoms with van der Waals surface area (Å²) in [4.78, 5) is 0. The predicted molar refractivity (Wildman–Crippen MR) is 60.3 cm³/mol. The minimum atomic E-state index is -0.120. The molecule has 1 aliphatic rings. The summed E-state index contributed by atoms with van der Waals surface area (Å²) in [5.41, 5.74) is 1.12. The molecule has 0 amide bonds. The Bertz CT molecular complexity index is 324. The normalized spacial score (nSPS) is 25.7. The van der Waals surface area contributed by atoms with Crippen molar-refractivity contribution in [2.24, 2.45) is 5.92 Å². The van der Waals surface area contributed by atoms with Crippen LogP contribution in [-0.2, 0) is 6.42 Å². The molecular formula is C13H18FN. The zero-order chi connectivity index (χ0) is 10.7. The number of hydrogen-bond acceptors (Lipinski definition) is 1. The smallest absolute Gasteiger partial charge is 0.123 e. The Morgan fingerprint density at radius 3 is 3.00 bits per heavy atom. The summed E-state index contributed by atoms with van der Waals surface area (Å²) in [6.07, 6.45) is 3.42. The molecule has 1 fully saturated rings. The molecule has 2 unspecified atom stereocenters. The monoisotopic (exact) mass is 207 g/mol. The van der Waals surface area contributed by atoms with E-state index in [0.717, 1.165) is 18.5 Å². The summed E-state index contributed by atoms with van der Waals surface area (Å²) in [6, 6.07) is 7.64. The summed E-state index contributed by atoms with van der Waals surface area (Å²) in [7, 11) is 0. The lowest BCUT2D eigenvalue weighted by atomic mass is 9.96. The van der Waals surface area contributed by atoms with Crippen LogP contribution in [0.15, 0.2) is 24.3 Å². The van der Waals surface area contributed by atoms with Gasteiger partial charge in [0.1, 0.15) is 5.82 Å². The van der Waals surface area contributed by atoms with E-state index in [2.05, 4.69) is 12.2 Å². The fourth-order valence-electron chi connectivity index (χ4n) is 2.37.